The standard InChI is InChI=1S/C16H16FN3O3/c17-11-1-4-13(5-2-11)23-15-6-3-12(9-19-15)20-16(21)14-10-22-8-7-18-14/h1-6,9,14,18H,7-8,10H2,(H,20,21). The van der Waals surface area contributed by atoms with Crippen LogP contribution in [-0.4, -0.2) is 36.7 Å². The molecule has 1 aliphatic heterocycles. The summed E-state index contributed by atoms with van der Waals surface area (Å²) in [6.45, 7) is 1.62. The van der Waals surface area contributed by atoms with Gasteiger partial charge in [0.2, 0.25) is 11.8 Å². The minimum Gasteiger partial charge on any atom is -0.439 e. The highest BCUT2D eigenvalue weighted by Gasteiger charge is 2.21. The summed E-state index contributed by atoms with van der Waals surface area (Å²) in [5.74, 6) is 0.343. The number of ether oxygens (including phenoxy) is 2. The Labute approximate surface area is 132 Å². The summed E-state index contributed by atoms with van der Waals surface area (Å²) in [5.41, 5.74) is 0.564. The molecule has 1 unspecified atom stereocenters. The first-order chi connectivity index (χ1) is 11.2. The number of nitrogens with zero attached hydrogens (tertiary/aromatic N) is 1. The van der Waals surface area contributed by atoms with Crippen molar-refractivity contribution in [3.8, 4) is 11.6 Å². The number of anilines is 1. The second kappa shape index (κ2) is 7.17. The highest BCUT2D eigenvalue weighted by atomic mass is 19.1. The molecule has 2 heterocycles. The van der Waals surface area contributed by atoms with Gasteiger partial charge in [-0.3, -0.25) is 4.79 Å². The molecule has 1 aromatic carbocycles. The molecule has 1 atom stereocenters. The van der Waals surface area contributed by atoms with Gasteiger partial charge in [0.15, 0.2) is 0 Å². The predicted molar refractivity (Wildman–Crippen MR) is 82.0 cm³/mol. The zero-order valence-corrected chi connectivity index (χ0v) is 12.3. The monoisotopic (exact) mass is 317 g/mol. The molecule has 1 fully saturated rings. The Hall–Kier alpha value is -2.51. The van der Waals surface area contributed by atoms with Crippen LogP contribution in [0.3, 0.4) is 0 Å². The molecule has 1 amide bonds. The minimum atomic E-state index is -0.362. The van der Waals surface area contributed by atoms with Gasteiger partial charge in [-0.05, 0) is 30.3 Å². The second-order valence-corrected chi connectivity index (χ2v) is 5.01. The van der Waals surface area contributed by atoms with Crippen LogP contribution < -0.4 is 15.4 Å². The highest BCUT2D eigenvalue weighted by Crippen LogP contribution is 2.20. The summed E-state index contributed by atoms with van der Waals surface area (Å²) in [6, 6.07) is 8.60. The lowest BCUT2D eigenvalue weighted by Gasteiger charge is -2.22. The Balaban J connectivity index is 1.58. The first kappa shape index (κ1) is 15.4. The second-order valence-electron chi connectivity index (χ2n) is 5.01. The van der Waals surface area contributed by atoms with Gasteiger partial charge >= 0.3 is 0 Å². The first-order valence-corrected chi connectivity index (χ1v) is 7.22. The number of rotatable bonds is 4. The molecule has 1 aliphatic rings. The van der Waals surface area contributed by atoms with Gasteiger partial charge in [0.1, 0.15) is 17.6 Å². The zero-order chi connectivity index (χ0) is 16.1. The van der Waals surface area contributed by atoms with Gasteiger partial charge in [-0.15, -0.1) is 0 Å². The van der Waals surface area contributed by atoms with Crippen LogP contribution in [0.5, 0.6) is 11.6 Å². The maximum absolute atomic E-state index is 12.8. The lowest BCUT2D eigenvalue weighted by atomic mass is 10.2. The average molecular weight is 317 g/mol. The summed E-state index contributed by atoms with van der Waals surface area (Å²) in [5, 5.41) is 5.84. The molecule has 120 valence electrons. The van der Waals surface area contributed by atoms with Gasteiger partial charge in [-0.2, -0.15) is 0 Å². The number of benzene rings is 1. The fourth-order valence-corrected chi connectivity index (χ4v) is 2.10. The van der Waals surface area contributed by atoms with Crippen LogP contribution in [0.2, 0.25) is 0 Å². The lowest BCUT2D eigenvalue weighted by molar-refractivity contribution is -0.120. The van der Waals surface area contributed by atoms with Crippen molar-refractivity contribution in [1.82, 2.24) is 10.3 Å². The van der Waals surface area contributed by atoms with E-state index in [0.717, 1.165) is 0 Å². The number of hydrogen-bond donors (Lipinski definition) is 2. The number of halogens is 1. The van der Waals surface area contributed by atoms with Crippen molar-refractivity contribution in [2.24, 2.45) is 0 Å². The lowest BCUT2D eigenvalue weighted by Crippen LogP contribution is -2.48. The molecule has 0 bridgehead atoms. The van der Waals surface area contributed by atoms with Gasteiger partial charge in [-0.25, -0.2) is 9.37 Å². The van der Waals surface area contributed by atoms with E-state index in [0.29, 0.717) is 37.1 Å². The Kier molecular flexibility index (Phi) is 4.80. The number of pyridine rings is 1. The van der Waals surface area contributed by atoms with Crippen LogP contribution in [0.4, 0.5) is 10.1 Å². The van der Waals surface area contributed by atoms with Gasteiger partial charge in [0.25, 0.3) is 0 Å². The van der Waals surface area contributed by atoms with Crippen molar-refractivity contribution in [2.45, 2.75) is 6.04 Å². The largest absolute Gasteiger partial charge is 0.439 e. The summed E-state index contributed by atoms with van der Waals surface area (Å²) in [4.78, 5) is 16.1. The number of carbonyl (C=O) groups excluding carboxylic acids is 1. The van der Waals surface area contributed by atoms with Crippen LogP contribution in [-0.2, 0) is 9.53 Å². The number of nitrogens with one attached hydrogen (secondary N) is 2. The number of aromatic nitrogens is 1. The van der Waals surface area contributed by atoms with Crippen molar-refractivity contribution in [3.05, 3.63) is 48.4 Å². The van der Waals surface area contributed by atoms with Gasteiger partial charge < -0.3 is 20.1 Å². The number of amides is 1. The normalized spacial score (nSPS) is 17.5. The van der Waals surface area contributed by atoms with Crippen molar-refractivity contribution < 1.29 is 18.7 Å². The number of carbonyl (C=O) groups is 1. The third kappa shape index (κ3) is 4.24. The maximum atomic E-state index is 12.8. The van der Waals surface area contributed by atoms with Crippen molar-refractivity contribution in [3.63, 3.8) is 0 Å². The quantitative estimate of drug-likeness (QED) is 0.901. The highest BCUT2D eigenvalue weighted by molar-refractivity contribution is 5.94. The van der Waals surface area contributed by atoms with E-state index in [1.165, 1.54) is 30.5 Å². The van der Waals surface area contributed by atoms with E-state index in [1.807, 2.05) is 0 Å². The SMILES string of the molecule is O=C(Nc1ccc(Oc2ccc(F)cc2)nc1)C1COCCN1. The van der Waals surface area contributed by atoms with E-state index in [2.05, 4.69) is 15.6 Å². The van der Waals surface area contributed by atoms with E-state index in [-0.39, 0.29) is 17.8 Å². The van der Waals surface area contributed by atoms with Gasteiger partial charge in [0.05, 0.1) is 25.1 Å². The predicted octanol–water partition coefficient (Wildman–Crippen LogP) is 1.94. The smallest absolute Gasteiger partial charge is 0.243 e. The average Bonchev–Trinajstić information content (AvgIpc) is 2.59. The molecule has 0 spiro atoms. The Morgan fingerprint density at radius 2 is 2.13 bits per heavy atom. The van der Waals surface area contributed by atoms with E-state index < -0.39 is 0 Å². The van der Waals surface area contributed by atoms with E-state index >= 15 is 0 Å². The molecule has 0 aliphatic carbocycles. The fraction of sp³-hybridized carbons (Fsp3) is 0.250. The van der Waals surface area contributed by atoms with Crippen LogP contribution >= 0.6 is 0 Å². The maximum Gasteiger partial charge on any atom is 0.243 e. The first-order valence-electron chi connectivity index (χ1n) is 7.22. The molecule has 1 aromatic heterocycles. The molecule has 23 heavy (non-hydrogen) atoms. The van der Waals surface area contributed by atoms with E-state index in [4.69, 9.17) is 9.47 Å². The topological polar surface area (TPSA) is 72.5 Å². The van der Waals surface area contributed by atoms with Crippen LogP contribution in [0.25, 0.3) is 0 Å². The molecule has 0 saturated carbocycles. The Bertz CT molecular complexity index is 655. The Morgan fingerprint density at radius 3 is 2.78 bits per heavy atom. The number of morpholine rings is 1. The Morgan fingerprint density at radius 1 is 1.30 bits per heavy atom. The summed E-state index contributed by atoms with van der Waals surface area (Å²) in [7, 11) is 0. The third-order valence-electron chi connectivity index (χ3n) is 3.28. The van der Waals surface area contributed by atoms with Gasteiger partial charge in [-0.1, -0.05) is 0 Å². The van der Waals surface area contributed by atoms with Crippen LogP contribution in [0, 0.1) is 5.82 Å². The zero-order valence-electron chi connectivity index (χ0n) is 12.3. The van der Waals surface area contributed by atoms with Crippen molar-refractivity contribution in [1.29, 1.82) is 0 Å². The molecule has 2 aromatic rings. The number of hydrogen-bond acceptors (Lipinski definition) is 5. The fourth-order valence-electron chi connectivity index (χ4n) is 2.10. The molecular formula is C16H16FN3O3. The molecule has 7 heteroatoms. The molecule has 3 rings (SSSR count). The summed E-state index contributed by atoms with van der Waals surface area (Å²) in [6.07, 6.45) is 1.50. The summed E-state index contributed by atoms with van der Waals surface area (Å²) < 4.78 is 23.6. The molecule has 6 nitrogen and oxygen atoms in total. The van der Waals surface area contributed by atoms with Crippen molar-refractivity contribution in [2.75, 3.05) is 25.1 Å². The molecule has 2 N–H and O–H groups in total. The molecule has 1 saturated heterocycles. The van der Waals surface area contributed by atoms with Gasteiger partial charge in [0, 0.05) is 12.6 Å². The summed E-state index contributed by atoms with van der Waals surface area (Å²) >= 11 is 0. The van der Waals surface area contributed by atoms with Crippen LogP contribution in [0.1, 0.15) is 0 Å². The van der Waals surface area contributed by atoms with Crippen LogP contribution in [0.15, 0.2) is 42.6 Å². The minimum absolute atomic E-state index is 0.168. The van der Waals surface area contributed by atoms with E-state index in [1.54, 1.807) is 12.1 Å². The molecular weight excluding hydrogens is 301 g/mol. The molecule has 0 radical (unpaired) electrons. The van der Waals surface area contributed by atoms with Crippen molar-refractivity contribution >= 4 is 11.6 Å². The third-order valence-corrected chi connectivity index (χ3v) is 3.28. The van der Waals surface area contributed by atoms with E-state index in [9.17, 15) is 9.18 Å².